The average Bonchev–Trinajstić information content (AvgIpc) is 3.15. The van der Waals surface area contributed by atoms with E-state index in [4.69, 9.17) is 15.5 Å². The second kappa shape index (κ2) is 8.13. The first-order valence-electron chi connectivity index (χ1n) is 11.4. The number of ether oxygens (including phenoxy) is 1. The van der Waals surface area contributed by atoms with Gasteiger partial charge in [-0.05, 0) is 82.0 Å². The van der Waals surface area contributed by atoms with Gasteiger partial charge < -0.3 is 15.8 Å². The smallest absolute Gasteiger partial charge is 0.408 e. The summed E-state index contributed by atoms with van der Waals surface area (Å²) in [5.74, 6) is 1.09. The van der Waals surface area contributed by atoms with Crippen LogP contribution in [0.5, 0.6) is 0 Å². The van der Waals surface area contributed by atoms with Gasteiger partial charge in [0.25, 0.3) is 0 Å². The normalized spacial score (nSPS) is 15.0. The summed E-state index contributed by atoms with van der Waals surface area (Å²) in [4.78, 5) is 26.1. The summed E-state index contributed by atoms with van der Waals surface area (Å²) in [6, 6.07) is 15.7. The van der Waals surface area contributed by atoms with Crippen LogP contribution in [0.4, 0.5) is 10.6 Å². The van der Waals surface area contributed by atoms with Crippen molar-refractivity contribution in [2.75, 3.05) is 5.73 Å². The molecule has 0 unspecified atom stereocenters. The Bertz CT molecular complexity index is 1350. The number of benzene rings is 1. The molecule has 1 aromatic carbocycles. The molecule has 0 radical (unpaired) electrons. The molecule has 5 rings (SSSR count). The molecule has 174 valence electrons. The van der Waals surface area contributed by atoms with Gasteiger partial charge in [0, 0.05) is 18.1 Å². The molecule has 0 aliphatic heterocycles. The zero-order valence-electron chi connectivity index (χ0n) is 19.6. The van der Waals surface area contributed by atoms with E-state index in [2.05, 4.69) is 27.4 Å². The molecule has 1 amide bonds. The van der Waals surface area contributed by atoms with Crippen LogP contribution in [-0.4, -0.2) is 31.2 Å². The van der Waals surface area contributed by atoms with E-state index in [1.54, 1.807) is 12.4 Å². The number of anilines is 1. The summed E-state index contributed by atoms with van der Waals surface area (Å²) in [5.41, 5.74) is 9.42. The number of pyridine rings is 2. The molecular weight excluding hydrogens is 428 g/mol. The Labute approximate surface area is 198 Å². The van der Waals surface area contributed by atoms with E-state index >= 15 is 0 Å². The van der Waals surface area contributed by atoms with E-state index in [1.165, 1.54) is 0 Å². The third-order valence-corrected chi connectivity index (χ3v) is 6.12. The Hall–Kier alpha value is -3.94. The van der Waals surface area contributed by atoms with Gasteiger partial charge >= 0.3 is 6.09 Å². The summed E-state index contributed by atoms with van der Waals surface area (Å²) < 4.78 is 7.50. The molecule has 3 N–H and O–H groups in total. The summed E-state index contributed by atoms with van der Waals surface area (Å²) in [6.07, 6.45) is 5.82. The highest BCUT2D eigenvalue weighted by Gasteiger charge is 2.41. The number of nitrogen functional groups attached to an aromatic ring is 1. The predicted molar refractivity (Wildman–Crippen MR) is 131 cm³/mol. The summed E-state index contributed by atoms with van der Waals surface area (Å²) in [6.45, 7) is 5.60. The maximum Gasteiger partial charge on any atom is 0.408 e. The molecule has 3 heterocycles. The number of hydrogen-bond donors (Lipinski definition) is 2. The number of hydrogen-bond acceptors (Lipinski definition) is 6. The lowest BCUT2D eigenvalue weighted by Crippen LogP contribution is -2.52. The monoisotopic (exact) mass is 456 g/mol. The number of aromatic nitrogens is 4. The fourth-order valence-corrected chi connectivity index (χ4v) is 4.39. The minimum Gasteiger partial charge on any atom is -0.444 e. The third kappa shape index (κ3) is 3.96. The van der Waals surface area contributed by atoms with Gasteiger partial charge in [-0.25, -0.2) is 19.7 Å². The first-order valence-corrected chi connectivity index (χ1v) is 11.4. The van der Waals surface area contributed by atoms with E-state index in [0.717, 1.165) is 47.2 Å². The van der Waals surface area contributed by atoms with Crippen LogP contribution >= 0.6 is 0 Å². The Morgan fingerprint density at radius 2 is 1.76 bits per heavy atom. The number of amides is 1. The van der Waals surface area contributed by atoms with Crippen molar-refractivity contribution in [3.8, 4) is 17.1 Å². The van der Waals surface area contributed by atoms with E-state index in [0.29, 0.717) is 11.6 Å². The minimum absolute atomic E-state index is 0.393. The number of rotatable bonds is 4. The van der Waals surface area contributed by atoms with Crippen molar-refractivity contribution >= 4 is 23.1 Å². The van der Waals surface area contributed by atoms with E-state index < -0.39 is 17.2 Å². The van der Waals surface area contributed by atoms with Crippen LogP contribution in [0.3, 0.4) is 0 Å². The summed E-state index contributed by atoms with van der Waals surface area (Å²) in [5, 5.41) is 3.11. The molecular formula is C26H28N6O2. The van der Waals surface area contributed by atoms with Crippen molar-refractivity contribution in [3.63, 3.8) is 0 Å². The van der Waals surface area contributed by atoms with Crippen LogP contribution in [0.1, 0.15) is 45.6 Å². The highest BCUT2D eigenvalue weighted by Crippen LogP contribution is 2.42. The highest BCUT2D eigenvalue weighted by atomic mass is 16.6. The van der Waals surface area contributed by atoms with Gasteiger partial charge in [0.2, 0.25) is 0 Å². The number of nitrogens with zero attached hydrogens (tertiary/aromatic N) is 4. The van der Waals surface area contributed by atoms with Crippen molar-refractivity contribution < 1.29 is 9.53 Å². The molecule has 34 heavy (non-hydrogen) atoms. The van der Waals surface area contributed by atoms with Gasteiger partial charge in [-0.2, -0.15) is 0 Å². The lowest BCUT2D eigenvalue weighted by molar-refractivity contribution is 0.0377. The van der Waals surface area contributed by atoms with Gasteiger partial charge in [0.05, 0.1) is 11.1 Å². The minimum atomic E-state index is -0.543. The second-order valence-corrected chi connectivity index (χ2v) is 9.66. The van der Waals surface area contributed by atoms with Crippen LogP contribution in [-0.2, 0) is 10.3 Å². The number of fused-ring (bicyclic) bond motifs is 1. The van der Waals surface area contributed by atoms with Crippen molar-refractivity contribution in [3.05, 3.63) is 66.5 Å². The van der Waals surface area contributed by atoms with E-state index in [9.17, 15) is 4.79 Å². The van der Waals surface area contributed by atoms with Gasteiger partial charge in [-0.1, -0.05) is 12.1 Å². The largest absolute Gasteiger partial charge is 0.444 e. The quantitative estimate of drug-likeness (QED) is 0.449. The molecule has 8 nitrogen and oxygen atoms in total. The second-order valence-electron chi connectivity index (χ2n) is 9.66. The van der Waals surface area contributed by atoms with Gasteiger partial charge in [-0.3, -0.25) is 4.57 Å². The fraction of sp³-hybridized carbons (Fsp3) is 0.308. The SMILES string of the molecule is CC(C)(C)OC(=O)NC1(c2ccc(-n3c(-c4cccnc4N)nc4cccnc43)cc2)CCC1. The fourth-order valence-electron chi connectivity index (χ4n) is 4.39. The number of nitrogens with two attached hydrogens (primary N) is 1. The summed E-state index contributed by atoms with van der Waals surface area (Å²) >= 11 is 0. The molecule has 1 aliphatic rings. The third-order valence-electron chi connectivity index (χ3n) is 6.12. The molecule has 8 heteroatoms. The average molecular weight is 457 g/mol. The van der Waals surface area contributed by atoms with Crippen molar-refractivity contribution in [1.82, 2.24) is 24.8 Å². The van der Waals surface area contributed by atoms with Crippen molar-refractivity contribution in [2.45, 2.75) is 51.2 Å². The Morgan fingerprint density at radius 3 is 2.41 bits per heavy atom. The zero-order valence-corrected chi connectivity index (χ0v) is 19.6. The van der Waals surface area contributed by atoms with Crippen LogP contribution < -0.4 is 11.1 Å². The molecule has 1 fully saturated rings. The molecule has 3 aromatic heterocycles. The summed E-state index contributed by atoms with van der Waals surface area (Å²) in [7, 11) is 0. The lowest BCUT2D eigenvalue weighted by atomic mass is 9.72. The maximum absolute atomic E-state index is 12.5. The molecule has 0 spiro atoms. The highest BCUT2D eigenvalue weighted by molar-refractivity contribution is 5.82. The topological polar surface area (TPSA) is 108 Å². The van der Waals surface area contributed by atoms with E-state index in [-0.39, 0.29) is 0 Å². The molecule has 0 bridgehead atoms. The standard InChI is InChI=1S/C26H28N6O2/c1-25(2,3)34-24(33)31-26(13-6-14-26)17-9-11-18(12-10-17)32-22(19-7-4-15-28-21(19)27)30-20-8-5-16-29-23(20)32/h4-5,7-12,15-16H,6,13-14H2,1-3H3,(H2,27,28)(H,31,33). The number of nitrogens with one attached hydrogen (secondary N) is 1. The molecule has 0 atom stereocenters. The van der Waals surface area contributed by atoms with Gasteiger partial charge in [0.15, 0.2) is 11.5 Å². The van der Waals surface area contributed by atoms with Crippen LogP contribution in [0.15, 0.2) is 60.9 Å². The Kier molecular flexibility index (Phi) is 5.23. The van der Waals surface area contributed by atoms with Crippen molar-refractivity contribution in [1.29, 1.82) is 0 Å². The van der Waals surface area contributed by atoms with Crippen LogP contribution in [0.25, 0.3) is 28.2 Å². The molecule has 1 aliphatic carbocycles. The maximum atomic E-state index is 12.5. The van der Waals surface area contributed by atoms with Crippen molar-refractivity contribution in [2.24, 2.45) is 0 Å². The van der Waals surface area contributed by atoms with Gasteiger partial charge in [0.1, 0.15) is 16.9 Å². The van der Waals surface area contributed by atoms with Crippen LogP contribution in [0, 0.1) is 0 Å². The van der Waals surface area contributed by atoms with Crippen LogP contribution in [0.2, 0.25) is 0 Å². The van der Waals surface area contributed by atoms with E-state index in [1.807, 2.05) is 61.7 Å². The number of carbonyl (C=O) groups excluding carboxylic acids is 1. The molecule has 0 saturated heterocycles. The first-order chi connectivity index (χ1) is 16.3. The Balaban J connectivity index is 1.53. The predicted octanol–water partition coefficient (Wildman–Crippen LogP) is 4.97. The number of carbonyl (C=O) groups is 1. The lowest BCUT2D eigenvalue weighted by Gasteiger charge is -2.43. The molecule has 1 saturated carbocycles. The zero-order chi connectivity index (χ0) is 23.9. The number of imidazole rings is 1. The van der Waals surface area contributed by atoms with Gasteiger partial charge in [-0.15, -0.1) is 0 Å². The molecule has 4 aromatic rings. The first kappa shape index (κ1) is 21.9. The number of alkyl carbamates (subject to hydrolysis) is 1. The Morgan fingerprint density at radius 1 is 1.06 bits per heavy atom.